The second kappa shape index (κ2) is 7.96. The summed E-state index contributed by atoms with van der Waals surface area (Å²) in [6.07, 6.45) is 2.21. The van der Waals surface area contributed by atoms with Gasteiger partial charge in [0.05, 0.1) is 13.1 Å². The monoisotopic (exact) mass is 473 g/mol. The van der Waals surface area contributed by atoms with Gasteiger partial charge in [-0.3, -0.25) is 15.4 Å². The second-order valence-corrected chi connectivity index (χ2v) is 8.15. The topological polar surface area (TPSA) is 84.0 Å². The normalized spacial score (nSPS) is 20.9. The number of phenolic OH excluding ortho intramolecular Hbond substituents is 1. The average molecular weight is 473 g/mol. The number of hydrogen-bond donors (Lipinski definition) is 3. The number of rotatable bonds is 6. The summed E-state index contributed by atoms with van der Waals surface area (Å²) >= 11 is 0. The third kappa shape index (κ3) is 3.72. The molecule has 0 amide bonds. The fourth-order valence-electron chi connectivity index (χ4n) is 3.93. The van der Waals surface area contributed by atoms with E-state index in [9.17, 15) is 19.0 Å². The van der Waals surface area contributed by atoms with Gasteiger partial charge in [0.2, 0.25) is 0 Å². The summed E-state index contributed by atoms with van der Waals surface area (Å²) in [6, 6.07) is 10.6. The van der Waals surface area contributed by atoms with Gasteiger partial charge in [-0.15, -0.1) is 0 Å². The van der Waals surface area contributed by atoms with Crippen LogP contribution in [0, 0.1) is 11.6 Å². The summed E-state index contributed by atoms with van der Waals surface area (Å²) in [5.74, 6) is -6.30. The maximum atomic E-state index is 15.9. The molecule has 2 aliphatic heterocycles. The number of aromatic nitrogens is 1. The molecule has 3 N–H and O–H groups in total. The fourth-order valence-corrected chi connectivity index (χ4v) is 3.93. The molecule has 0 saturated carbocycles. The summed E-state index contributed by atoms with van der Waals surface area (Å²) in [7, 11) is 0. The van der Waals surface area contributed by atoms with Crippen LogP contribution < -0.4 is 5.43 Å². The van der Waals surface area contributed by atoms with Crippen LogP contribution in [-0.2, 0) is 11.5 Å². The van der Waals surface area contributed by atoms with Crippen LogP contribution in [0.5, 0.6) is 5.75 Å². The molecule has 176 valence electrons. The standard InChI is InChI=1S/C23H19F4N5O2/c24-16-4-7-18(19(25)9-16)22(34,12-31-13-29-30-21-11-32(21)31)23(26,27)20-8-3-15(10-28-20)14-1-5-17(33)6-2-14/h1-10,13,21,30,33-34H,11-12H2. The van der Waals surface area contributed by atoms with Crippen molar-refractivity contribution < 1.29 is 27.8 Å². The summed E-state index contributed by atoms with van der Waals surface area (Å²) < 4.78 is 60.1. The molecular formula is C23H19F4N5O2. The Bertz CT molecular complexity index is 1240. The minimum absolute atomic E-state index is 0.0522. The van der Waals surface area contributed by atoms with E-state index < -0.39 is 41.0 Å². The highest BCUT2D eigenvalue weighted by Gasteiger charge is 2.59. The largest absolute Gasteiger partial charge is 0.508 e. The predicted molar refractivity (Wildman–Crippen MR) is 114 cm³/mol. The highest BCUT2D eigenvalue weighted by molar-refractivity contribution is 5.63. The van der Waals surface area contributed by atoms with E-state index in [1.54, 1.807) is 17.1 Å². The number of benzene rings is 2. The minimum Gasteiger partial charge on any atom is -0.508 e. The number of pyridine rings is 1. The molecule has 1 fully saturated rings. The third-order valence-electron chi connectivity index (χ3n) is 5.90. The van der Waals surface area contributed by atoms with Crippen LogP contribution in [0.25, 0.3) is 11.1 Å². The Morgan fingerprint density at radius 1 is 1.03 bits per heavy atom. The first-order valence-electron chi connectivity index (χ1n) is 10.3. The van der Waals surface area contributed by atoms with Crippen molar-refractivity contribution in [2.75, 3.05) is 13.1 Å². The van der Waals surface area contributed by atoms with Crippen molar-refractivity contribution in [2.45, 2.75) is 17.7 Å². The zero-order valence-electron chi connectivity index (χ0n) is 17.5. The van der Waals surface area contributed by atoms with Crippen molar-refractivity contribution in [2.24, 2.45) is 5.10 Å². The summed E-state index contributed by atoms with van der Waals surface area (Å²) in [6.45, 7) is -0.293. The van der Waals surface area contributed by atoms with E-state index in [2.05, 4.69) is 15.5 Å². The Balaban J connectivity index is 1.54. The molecule has 0 aliphatic carbocycles. The zero-order valence-corrected chi connectivity index (χ0v) is 17.5. The molecule has 3 unspecified atom stereocenters. The van der Waals surface area contributed by atoms with Crippen LogP contribution in [0.2, 0.25) is 0 Å². The number of halogens is 4. The Hall–Kier alpha value is -3.70. The summed E-state index contributed by atoms with van der Waals surface area (Å²) in [5, 5.41) is 27.6. The number of aromatic hydroxyl groups is 1. The molecule has 3 heterocycles. The highest BCUT2D eigenvalue weighted by atomic mass is 19.3. The van der Waals surface area contributed by atoms with Crippen molar-refractivity contribution in [3.8, 4) is 16.9 Å². The maximum absolute atomic E-state index is 15.9. The maximum Gasteiger partial charge on any atom is 0.323 e. The quantitative estimate of drug-likeness (QED) is 0.377. The molecule has 34 heavy (non-hydrogen) atoms. The summed E-state index contributed by atoms with van der Waals surface area (Å²) in [4.78, 5) is 3.86. The first kappa shape index (κ1) is 22.1. The molecule has 0 bridgehead atoms. The highest BCUT2D eigenvalue weighted by Crippen LogP contribution is 2.47. The van der Waals surface area contributed by atoms with E-state index in [-0.39, 0.29) is 11.9 Å². The van der Waals surface area contributed by atoms with E-state index in [0.717, 1.165) is 18.2 Å². The number of fused-ring (bicyclic) bond motifs is 1. The molecule has 0 radical (unpaired) electrons. The number of nitrogens with one attached hydrogen (secondary N) is 1. The van der Waals surface area contributed by atoms with Gasteiger partial charge < -0.3 is 10.2 Å². The molecule has 1 saturated heterocycles. The third-order valence-corrected chi connectivity index (χ3v) is 5.90. The lowest BCUT2D eigenvalue weighted by molar-refractivity contribution is -0.210. The van der Waals surface area contributed by atoms with Crippen LogP contribution in [-0.4, -0.2) is 50.8 Å². The van der Waals surface area contributed by atoms with Crippen molar-refractivity contribution in [1.29, 1.82) is 0 Å². The molecule has 3 aromatic rings. The lowest BCUT2D eigenvalue weighted by Crippen LogP contribution is -2.54. The van der Waals surface area contributed by atoms with Gasteiger partial charge in [0.1, 0.15) is 35.6 Å². The number of β-amino-alcohol motifs (C(OH)–C–C–N with tert-alkyl or cyclic N) is 1. The number of hydrogen-bond acceptors (Lipinski definition) is 7. The molecule has 2 aromatic carbocycles. The molecule has 5 rings (SSSR count). The van der Waals surface area contributed by atoms with Gasteiger partial charge >= 0.3 is 5.92 Å². The lowest BCUT2D eigenvalue weighted by Gasteiger charge is -2.40. The van der Waals surface area contributed by atoms with Crippen LogP contribution in [0.15, 0.2) is 65.9 Å². The Labute approximate surface area is 191 Å². The Morgan fingerprint density at radius 3 is 2.44 bits per heavy atom. The van der Waals surface area contributed by atoms with E-state index in [0.29, 0.717) is 23.7 Å². The van der Waals surface area contributed by atoms with E-state index in [1.807, 2.05) is 0 Å². The average Bonchev–Trinajstić information content (AvgIpc) is 3.60. The number of hydrazine groups is 1. The second-order valence-electron chi connectivity index (χ2n) is 8.15. The molecule has 0 spiro atoms. The predicted octanol–water partition coefficient (Wildman–Crippen LogP) is 3.12. The van der Waals surface area contributed by atoms with Gasteiger partial charge in [-0.25, -0.2) is 8.78 Å². The van der Waals surface area contributed by atoms with E-state index in [1.165, 1.54) is 35.7 Å². The smallest absolute Gasteiger partial charge is 0.323 e. The van der Waals surface area contributed by atoms with Gasteiger partial charge in [-0.1, -0.05) is 18.2 Å². The molecule has 1 aromatic heterocycles. The molecule has 11 heteroatoms. The van der Waals surface area contributed by atoms with Gasteiger partial charge in [0.25, 0.3) is 0 Å². The SMILES string of the molecule is Oc1ccc(-c2ccc(C(F)(F)C(O)(CN3C=NNC4CN43)c3ccc(F)cc3F)nc2)cc1. The van der Waals surface area contributed by atoms with Crippen LogP contribution in [0.3, 0.4) is 0 Å². The first-order valence-corrected chi connectivity index (χ1v) is 10.3. The molecule has 2 aliphatic rings. The number of alkyl halides is 2. The van der Waals surface area contributed by atoms with Crippen LogP contribution in [0.4, 0.5) is 17.6 Å². The minimum atomic E-state index is -4.08. The van der Waals surface area contributed by atoms with Gasteiger partial charge in [0, 0.05) is 23.4 Å². The van der Waals surface area contributed by atoms with Gasteiger partial charge in [-0.2, -0.15) is 18.9 Å². The first-order chi connectivity index (χ1) is 16.2. The van der Waals surface area contributed by atoms with Crippen LogP contribution in [0.1, 0.15) is 11.3 Å². The fraction of sp³-hybridized carbons (Fsp3) is 0.217. The van der Waals surface area contributed by atoms with Crippen molar-refractivity contribution in [3.05, 3.63) is 83.7 Å². The Morgan fingerprint density at radius 2 is 1.76 bits per heavy atom. The van der Waals surface area contributed by atoms with Crippen LogP contribution >= 0.6 is 0 Å². The molecule has 7 nitrogen and oxygen atoms in total. The van der Waals surface area contributed by atoms with E-state index in [4.69, 9.17) is 0 Å². The molecular weight excluding hydrogens is 454 g/mol. The van der Waals surface area contributed by atoms with Crippen molar-refractivity contribution in [1.82, 2.24) is 20.4 Å². The summed E-state index contributed by atoms with van der Waals surface area (Å²) in [5.41, 5.74) is -0.797. The number of aliphatic hydroxyl groups is 1. The number of phenols is 1. The van der Waals surface area contributed by atoms with Gasteiger partial charge in [-0.05, 0) is 35.9 Å². The Kier molecular flexibility index (Phi) is 5.18. The zero-order chi connectivity index (χ0) is 24.1. The number of hydrazone groups is 1. The van der Waals surface area contributed by atoms with Crippen molar-refractivity contribution in [3.63, 3.8) is 0 Å². The van der Waals surface area contributed by atoms with Gasteiger partial charge in [0.15, 0.2) is 5.60 Å². The molecule has 3 atom stereocenters. The lowest BCUT2D eigenvalue weighted by atomic mass is 9.84. The van der Waals surface area contributed by atoms with E-state index >= 15 is 8.78 Å². The van der Waals surface area contributed by atoms with Crippen molar-refractivity contribution >= 4 is 6.34 Å². The number of nitrogens with zero attached hydrogens (tertiary/aromatic N) is 4.